The van der Waals surface area contributed by atoms with Crippen LogP contribution in [0.25, 0.3) is 11.0 Å². The SMILES string of the molecule is CN(CCc1coc2ccccc12)C(=O)C#N. The maximum absolute atomic E-state index is 11.1. The fourth-order valence-electron chi connectivity index (χ4n) is 1.70. The number of furan rings is 1. The van der Waals surface area contributed by atoms with Crippen molar-refractivity contribution < 1.29 is 9.21 Å². The van der Waals surface area contributed by atoms with Crippen molar-refractivity contribution in [3.63, 3.8) is 0 Å². The van der Waals surface area contributed by atoms with Gasteiger partial charge in [-0.15, -0.1) is 0 Å². The summed E-state index contributed by atoms with van der Waals surface area (Å²) in [6.45, 7) is 0.510. The first-order valence-electron chi connectivity index (χ1n) is 5.32. The van der Waals surface area contributed by atoms with Crippen LogP contribution in [-0.2, 0) is 11.2 Å². The van der Waals surface area contributed by atoms with Gasteiger partial charge in [-0.1, -0.05) is 18.2 Å². The molecule has 0 aliphatic carbocycles. The third-order valence-electron chi connectivity index (χ3n) is 2.72. The number of likely N-dealkylation sites (N-methyl/N-ethyl adjacent to an activating group) is 1. The van der Waals surface area contributed by atoms with Gasteiger partial charge in [0.15, 0.2) is 6.07 Å². The number of fused-ring (bicyclic) bond motifs is 1. The van der Waals surface area contributed by atoms with Crippen LogP contribution in [0.5, 0.6) is 0 Å². The van der Waals surface area contributed by atoms with E-state index in [0.717, 1.165) is 16.5 Å². The average Bonchev–Trinajstić information content (AvgIpc) is 2.78. The van der Waals surface area contributed by atoms with Crippen LogP contribution in [0.3, 0.4) is 0 Å². The molecule has 2 aromatic rings. The molecule has 0 N–H and O–H groups in total. The maximum atomic E-state index is 11.1. The number of carbonyl (C=O) groups excluding carboxylic acids is 1. The van der Waals surface area contributed by atoms with E-state index in [0.29, 0.717) is 13.0 Å². The molecular weight excluding hydrogens is 216 g/mol. The van der Waals surface area contributed by atoms with Gasteiger partial charge in [0.25, 0.3) is 0 Å². The van der Waals surface area contributed by atoms with Gasteiger partial charge in [-0.2, -0.15) is 5.26 Å². The van der Waals surface area contributed by atoms with E-state index in [1.807, 2.05) is 24.3 Å². The Labute approximate surface area is 99.0 Å². The van der Waals surface area contributed by atoms with Crippen LogP contribution in [0.15, 0.2) is 34.9 Å². The van der Waals surface area contributed by atoms with Crippen LogP contribution in [0.1, 0.15) is 5.56 Å². The molecule has 0 atom stereocenters. The smallest absolute Gasteiger partial charge is 0.324 e. The van der Waals surface area contributed by atoms with E-state index in [1.54, 1.807) is 19.4 Å². The number of hydrogen-bond acceptors (Lipinski definition) is 3. The molecule has 1 aromatic heterocycles. The van der Waals surface area contributed by atoms with Crippen molar-refractivity contribution in [2.75, 3.05) is 13.6 Å². The van der Waals surface area contributed by atoms with Crippen LogP contribution >= 0.6 is 0 Å². The van der Waals surface area contributed by atoms with Crippen LogP contribution < -0.4 is 0 Å². The van der Waals surface area contributed by atoms with E-state index in [-0.39, 0.29) is 0 Å². The summed E-state index contributed by atoms with van der Waals surface area (Å²) in [4.78, 5) is 12.5. The first kappa shape index (κ1) is 11.2. The molecular formula is C13H12N2O2. The normalized spacial score (nSPS) is 10.1. The molecule has 1 amide bonds. The quantitative estimate of drug-likeness (QED) is 0.754. The number of amides is 1. The number of rotatable bonds is 3. The zero-order chi connectivity index (χ0) is 12.3. The van der Waals surface area contributed by atoms with Crippen molar-refractivity contribution in [3.8, 4) is 6.07 Å². The van der Waals surface area contributed by atoms with Crippen molar-refractivity contribution in [2.24, 2.45) is 0 Å². The van der Waals surface area contributed by atoms with Gasteiger partial charge in [0, 0.05) is 19.0 Å². The van der Waals surface area contributed by atoms with Gasteiger partial charge < -0.3 is 9.32 Å². The molecule has 0 radical (unpaired) electrons. The van der Waals surface area contributed by atoms with Crippen molar-refractivity contribution in [2.45, 2.75) is 6.42 Å². The first-order chi connectivity index (χ1) is 8.22. The molecule has 0 saturated carbocycles. The second-order valence-corrected chi connectivity index (χ2v) is 3.85. The van der Waals surface area contributed by atoms with Crippen molar-refractivity contribution in [3.05, 3.63) is 36.1 Å². The molecule has 0 aliphatic rings. The molecule has 2 rings (SSSR count). The van der Waals surface area contributed by atoms with E-state index in [4.69, 9.17) is 9.68 Å². The van der Waals surface area contributed by atoms with Gasteiger partial charge in [0.05, 0.1) is 6.26 Å². The van der Waals surface area contributed by atoms with Crippen molar-refractivity contribution >= 4 is 16.9 Å². The summed E-state index contributed by atoms with van der Waals surface area (Å²) in [5.41, 5.74) is 1.90. The van der Waals surface area contributed by atoms with Crippen LogP contribution in [0.2, 0.25) is 0 Å². The first-order valence-corrected chi connectivity index (χ1v) is 5.32. The van der Waals surface area contributed by atoms with E-state index in [1.165, 1.54) is 4.90 Å². The summed E-state index contributed by atoms with van der Waals surface area (Å²) >= 11 is 0. The minimum atomic E-state index is -0.516. The Kier molecular flexibility index (Phi) is 3.10. The molecule has 1 aromatic carbocycles. The Bertz CT molecular complexity index is 580. The second kappa shape index (κ2) is 4.71. The lowest BCUT2D eigenvalue weighted by atomic mass is 10.1. The predicted octanol–water partition coefficient (Wildman–Crippen LogP) is 1.96. The number of hydrogen-bond donors (Lipinski definition) is 0. The highest BCUT2D eigenvalue weighted by atomic mass is 16.3. The lowest BCUT2D eigenvalue weighted by Gasteiger charge is -2.11. The standard InChI is InChI=1S/C13H12N2O2/c1-15(13(16)8-14)7-6-10-9-17-12-5-3-2-4-11(10)12/h2-5,9H,6-7H2,1H3. The molecule has 86 valence electrons. The molecule has 17 heavy (non-hydrogen) atoms. The van der Waals surface area contributed by atoms with E-state index < -0.39 is 5.91 Å². The minimum Gasteiger partial charge on any atom is -0.464 e. The van der Waals surface area contributed by atoms with Crippen LogP contribution in [0, 0.1) is 11.3 Å². The summed E-state index contributed by atoms with van der Waals surface area (Å²) in [6.07, 6.45) is 2.39. The largest absolute Gasteiger partial charge is 0.464 e. The van der Waals surface area contributed by atoms with E-state index >= 15 is 0 Å². The molecule has 4 nitrogen and oxygen atoms in total. The van der Waals surface area contributed by atoms with Gasteiger partial charge in [-0.05, 0) is 18.1 Å². The number of nitriles is 1. The molecule has 0 bridgehead atoms. The molecule has 0 saturated heterocycles. The van der Waals surface area contributed by atoms with Crippen molar-refractivity contribution in [1.82, 2.24) is 4.90 Å². The van der Waals surface area contributed by atoms with Gasteiger partial charge in [0.1, 0.15) is 5.58 Å². The highest BCUT2D eigenvalue weighted by molar-refractivity contribution is 5.91. The highest BCUT2D eigenvalue weighted by Gasteiger charge is 2.09. The Balaban J connectivity index is 2.10. The fraction of sp³-hybridized carbons (Fsp3) is 0.231. The number of para-hydroxylation sites is 1. The third-order valence-corrected chi connectivity index (χ3v) is 2.72. The third kappa shape index (κ3) is 2.28. The molecule has 1 heterocycles. The Hall–Kier alpha value is -2.28. The van der Waals surface area contributed by atoms with E-state index in [9.17, 15) is 4.79 Å². The van der Waals surface area contributed by atoms with Gasteiger partial charge in [-0.3, -0.25) is 4.79 Å². The average molecular weight is 228 g/mol. The summed E-state index contributed by atoms with van der Waals surface area (Å²) in [6, 6.07) is 9.36. The zero-order valence-corrected chi connectivity index (χ0v) is 9.51. The zero-order valence-electron chi connectivity index (χ0n) is 9.51. The second-order valence-electron chi connectivity index (χ2n) is 3.85. The number of benzene rings is 1. The monoisotopic (exact) mass is 228 g/mol. The highest BCUT2D eigenvalue weighted by Crippen LogP contribution is 2.20. The Morgan fingerprint density at radius 2 is 2.24 bits per heavy atom. The molecule has 0 unspecified atom stereocenters. The summed E-state index contributed by atoms with van der Waals surface area (Å²) in [5, 5.41) is 9.53. The maximum Gasteiger partial charge on any atom is 0.324 e. The summed E-state index contributed by atoms with van der Waals surface area (Å²) in [5.74, 6) is -0.516. The van der Waals surface area contributed by atoms with Crippen LogP contribution in [0.4, 0.5) is 0 Å². The number of carbonyl (C=O) groups is 1. The topological polar surface area (TPSA) is 57.2 Å². The fourth-order valence-corrected chi connectivity index (χ4v) is 1.70. The number of nitrogens with zero attached hydrogens (tertiary/aromatic N) is 2. The lowest BCUT2D eigenvalue weighted by molar-refractivity contribution is -0.124. The molecule has 0 spiro atoms. The van der Waals surface area contributed by atoms with Gasteiger partial charge in [0.2, 0.25) is 0 Å². The van der Waals surface area contributed by atoms with Crippen molar-refractivity contribution in [1.29, 1.82) is 5.26 Å². The van der Waals surface area contributed by atoms with Gasteiger partial charge >= 0.3 is 5.91 Å². The minimum absolute atomic E-state index is 0.510. The predicted molar refractivity (Wildman–Crippen MR) is 63.2 cm³/mol. The Morgan fingerprint density at radius 3 is 3.00 bits per heavy atom. The van der Waals surface area contributed by atoms with Gasteiger partial charge in [-0.25, -0.2) is 0 Å². The summed E-state index contributed by atoms with van der Waals surface area (Å²) < 4.78 is 5.40. The lowest BCUT2D eigenvalue weighted by Crippen LogP contribution is -2.27. The summed E-state index contributed by atoms with van der Waals surface area (Å²) in [7, 11) is 1.62. The van der Waals surface area contributed by atoms with Crippen LogP contribution in [-0.4, -0.2) is 24.4 Å². The molecule has 0 fully saturated rings. The Morgan fingerprint density at radius 1 is 1.47 bits per heavy atom. The molecule has 0 aliphatic heterocycles. The molecule has 4 heteroatoms. The van der Waals surface area contributed by atoms with E-state index in [2.05, 4.69) is 0 Å².